The molecule has 0 aromatic heterocycles. The van der Waals surface area contributed by atoms with E-state index in [2.05, 4.69) is 10.0 Å². The maximum absolute atomic E-state index is 13.6. The fourth-order valence-electron chi connectivity index (χ4n) is 2.30. The molecule has 28 heavy (non-hydrogen) atoms. The van der Waals surface area contributed by atoms with E-state index in [0.29, 0.717) is 0 Å². The highest BCUT2D eigenvalue weighted by molar-refractivity contribution is 7.92. The van der Waals surface area contributed by atoms with Crippen LogP contribution in [0.5, 0.6) is 0 Å². The van der Waals surface area contributed by atoms with Gasteiger partial charge in [0.05, 0.1) is 15.6 Å². The Balaban J connectivity index is 1.74. The molecule has 3 aromatic rings. The Bertz CT molecular complexity index is 1140. The van der Waals surface area contributed by atoms with Crippen LogP contribution in [0.1, 0.15) is 10.4 Å². The average Bonchev–Trinajstić information content (AvgIpc) is 2.66. The number of anilines is 2. The van der Waals surface area contributed by atoms with Gasteiger partial charge in [0.25, 0.3) is 15.9 Å². The van der Waals surface area contributed by atoms with E-state index in [1.165, 1.54) is 42.5 Å². The number of rotatable bonds is 5. The van der Waals surface area contributed by atoms with Crippen LogP contribution in [-0.4, -0.2) is 14.3 Å². The lowest BCUT2D eigenvalue weighted by atomic mass is 10.2. The number of hydrogen-bond acceptors (Lipinski definition) is 3. The smallest absolute Gasteiger partial charge is 0.261 e. The van der Waals surface area contributed by atoms with E-state index in [-0.39, 0.29) is 26.9 Å². The molecule has 0 radical (unpaired) electrons. The zero-order valence-corrected chi connectivity index (χ0v) is 15.7. The highest BCUT2D eigenvalue weighted by Crippen LogP contribution is 2.22. The van der Waals surface area contributed by atoms with Gasteiger partial charge < -0.3 is 5.32 Å². The van der Waals surface area contributed by atoms with Crippen molar-refractivity contribution in [2.75, 3.05) is 10.0 Å². The summed E-state index contributed by atoms with van der Waals surface area (Å²) in [7, 11) is -3.99. The number of carbonyl (C=O) groups excluding carboxylic acids is 1. The lowest BCUT2D eigenvalue weighted by molar-refractivity contribution is 0.102. The minimum absolute atomic E-state index is 0.0328. The van der Waals surface area contributed by atoms with Crippen LogP contribution in [0.2, 0.25) is 5.02 Å². The third-order valence-corrected chi connectivity index (χ3v) is 5.39. The molecule has 0 aliphatic heterocycles. The van der Waals surface area contributed by atoms with Crippen molar-refractivity contribution >= 4 is 38.9 Å². The van der Waals surface area contributed by atoms with Crippen molar-refractivity contribution in [2.24, 2.45) is 0 Å². The van der Waals surface area contributed by atoms with E-state index >= 15 is 0 Å². The second kappa shape index (κ2) is 7.95. The molecule has 144 valence electrons. The van der Waals surface area contributed by atoms with Crippen LogP contribution in [0.4, 0.5) is 20.2 Å². The molecule has 0 heterocycles. The van der Waals surface area contributed by atoms with E-state index in [4.69, 9.17) is 11.6 Å². The van der Waals surface area contributed by atoms with Crippen molar-refractivity contribution < 1.29 is 22.0 Å². The monoisotopic (exact) mass is 422 g/mol. The fourth-order valence-corrected chi connectivity index (χ4v) is 3.63. The normalized spacial score (nSPS) is 11.1. The van der Waals surface area contributed by atoms with Crippen LogP contribution >= 0.6 is 11.6 Å². The number of carbonyl (C=O) groups is 1. The molecule has 2 N–H and O–H groups in total. The summed E-state index contributed by atoms with van der Waals surface area (Å²) in [6.45, 7) is 0. The van der Waals surface area contributed by atoms with Gasteiger partial charge >= 0.3 is 0 Å². The standard InChI is InChI=1S/C19H13ClF2N2O3S/c20-15-11-14(9-10-16(15)21)28(26,27)24-13-7-5-12(6-8-13)19(25)23-18-4-2-1-3-17(18)22/h1-11,24H,(H,23,25). The third kappa shape index (κ3) is 4.47. The van der Waals surface area contributed by atoms with Gasteiger partial charge in [0.1, 0.15) is 11.6 Å². The maximum Gasteiger partial charge on any atom is 0.261 e. The SMILES string of the molecule is O=C(Nc1ccccc1F)c1ccc(NS(=O)(=O)c2ccc(F)c(Cl)c2)cc1. The molecule has 1 amide bonds. The molecule has 3 rings (SSSR count). The summed E-state index contributed by atoms with van der Waals surface area (Å²) in [6.07, 6.45) is 0. The number of benzene rings is 3. The highest BCUT2D eigenvalue weighted by Gasteiger charge is 2.16. The number of halogens is 3. The van der Waals surface area contributed by atoms with Gasteiger partial charge in [-0.3, -0.25) is 9.52 Å². The van der Waals surface area contributed by atoms with Gasteiger partial charge in [0.2, 0.25) is 0 Å². The predicted octanol–water partition coefficient (Wildman–Crippen LogP) is 4.67. The molecule has 0 fully saturated rings. The van der Waals surface area contributed by atoms with Gasteiger partial charge in [-0.15, -0.1) is 0 Å². The Morgan fingerprint density at radius 2 is 1.57 bits per heavy atom. The largest absolute Gasteiger partial charge is 0.319 e. The van der Waals surface area contributed by atoms with Crippen molar-refractivity contribution in [3.63, 3.8) is 0 Å². The highest BCUT2D eigenvalue weighted by atomic mass is 35.5. The Kier molecular flexibility index (Phi) is 5.62. The molecule has 0 aliphatic carbocycles. The van der Waals surface area contributed by atoms with E-state index in [9.17, 15) is 22.0 Å². The van der Waals surface area contributed by atoms with Crippen LogP contribution in [0.25, 0.3) is 0 Å². The van der Waals surface area contributed by atoms with Crippen molar-refractivity contribution in [2.45, 2.75) is 4.90 Å². The summed E-state index contributed by atoms with van der Waals surface area (Å²) < 4.78 is 53.8. The fraction of sp³-hybridized carbons (Fsp3) is 0. The molecule has 0 atom stereocenters. The average molecular weight is 423 g/mol. The first-order chi connectivity index (χ1) is 13.3. The van der Waals surface area contributed by atoms with Gasteiger partial charge in [-0.05, 0) is 54.6 Å². The van der Waals surface area contributed by atoms with Crippen LogP contribution in [-0.2, 0) is 10.0 Å². The van der Waals surface area contributed by atoms with Crippen molar-refractivity contribution in [3.8, 4) is 0 Å². The molecule has 9 heteroatoms. The minimum atomic E-state index is -3.99. The summed E-state index contributed by atoms with van der Waals surface area (Å²) in [4.78, 5) is 12.0. The number of sulfonamides is 1. The van der Waals surface area contributed by atoms with Gasteiger partial charge in [0.15, 0.2) is 0 Å². The number of nitrogens with one attached hydrogen (secondary N) is 2. The quantitative estimate of drug-likeness (QED) is 0.627. The van der Waals surface area contributed by atoms with Crippen LogP contribution in [0, 0.1) is 11.6 Å². The summed E-state index contributed by atoms with van der Waals surface area (Å²) in [6, 6.07) is 14.3. The molecule has 0 saturated heterocycles. The Hall–Kier alpha value is -2.97. The Morgan fingerprint density at radius 1 is 0.893 bits per heavy atom. The van der Waals surface area contributed by atoms with Crippen molar-refractivity contribution in [1.82, 2.24) is 0 Å². The summed E-state index contributed by atoms with van der Waals surface area (Å²) >= 11 is 5.62. The first-order valence-corrected chi connectivity index (χ1v) is 9.76. The molecule has 0 unspecified atom stereocenters. The van der Waals surface area contributed by atoms with Gasteiger partial charge in [0, 0.05) is 11.3 Å². The third-order valence-electron chi connectivity index (χ3n) is 3.72. The van der Waals surface area contributed by atoms with E-state index in [1.807, 2.05) is 0 Å². The summed E-state index contributed by atoms with van der Waals surface area (Å²) in [5, 5.41) is 2.11. The van der Waals surface area contributed by atoms with Gasteiger partial charge in [-0.1, -0.05) is 23.7 Å². The second-order valence-electron chi connectivity index (χ2n) is 5.69. The van der Waals surface area contributed by atoms with E-state index in [1.54, 1.807) is 6.07 Å². The number of amides is 1. The van der Waals surface area contributed by atoms with Crippen molar-refractivity contribution in [1.29, 1.82) is 0 Å². The lowest BCUT2D eigenvalue weighted by Gasteiger charge is -2.10. The first-order valence-electron chi connectivity index (χ1n) is 7.90. The van der Waals surface area contributed by atoms with E-state index in [0.717, 1.165) is 18.2 Å². The Labute approximate surface area is 165 Å². The van der Waals surface area contributed by atoms with E-state index < -0.39 is 27.6 Å². The second-order valence-corrected chi connectivity index (χ2v) is 7.78. The zero-order chi connectivity index (χ0) is 20.3. The molecular weight excluding hydrogens is 410 g/mol. The van der Waals surface area contributed by atoms with Crippen LogP contribution in [0.3, 0.4) is 0 Å². The number of para-hydroxylation sites is 1. The minimum Gasteiger partial charge on any atom is -0.319 e. The zero-order valence-electron chi connectivity index (χ0n) is 14.1. The molecule has 0 bridgehead atoms. The maximum atomic E-state index is 13.6. The van der Waals surface area contributed by atoms with Gasteiger partial charge in [-0.25, -0.2) is 17.2 Å². The Morgan fingerprint density at radius 3 is 2.21 bits per heavy atom. The summed E-state index contributed by atoms with van der Waals surface area (Å²) in [5.74, 6) is -1.85. The van der Waals surface area contributed by atoms with Crippen molar-refractivity contribution in [3.05, 3.63) is 89.0 Å². The molecular formula is C19H13ClF2N2O3S. The predicted molar refractivity (Wildman–Crippen MR) is 103 cm³/mol. The van der Waals surface area contributed by atoms with Crippen LogP contribution in [0.15, 0.2) is 71.6 Å². The molecule has 3 aromatic carbocycles. The molecule has 0 aliphatic rings. The first kappa shape index (κ1) is 19.8. The van der Waals surface area contributed by atoms with Crippen LogP contribution < -0.4 is 10.0 Å². The van der Waals surface area contributed by atoms with Gasteiger partial charge in [-0.2, -0.15) is 0 Å². The molecule has 0 spiro atoms. The topological polar surface area (TPSA) is 75.3 Å². The number of hydrogen-bond donors (Lipinski definition) is 2. The lowest BCUT2D eigenvalue weighted by Crippen LogP contribution is -2.14. The molecule has 0 saturated carbocycles. The molecule has 5 nitrogen and oxygen atoms in total. The summed E-state index contributed by atoms with van der Waals surface area (Å²) in [5.41, 5.74) is 0.421.